The molecule has 3 nitrogen and oxygen atoms in total. The second kappa shape index (κ2) is 7.04. The van der Waals surface area contributed by atoms with Gasteiger partial charge >= 0.3 is 5.97 Å². The molecule has 0 saturated carbocycles. The van der Waals surface area contributed by atoms with Crippen molar-refractivity contribution < 1.29 is 14.3 Å². The van der Waals surface area contributed by atoms with Crippen LogP contribution in [0.4, 0.5) is 10.1 Å². The number of benzene rings is 1. The van der Waals surface area contributed by atoms with Gasteiger partial charge in [-0.05, 0) is 47.7 Å². The Kier molecular flexibility index (Phi) is 5.11. The topological polar surface area (TPSA) is 40.5 Å². The van der Waals surface area contributed by atoms with Crippen LogP contribution in [0.5, 0.6) is 0 Å². The number of hydrogen-bond acceptors (Lipinski definition) is 3. The van der Waals surface area contributed by atoms with Crippen LogP contribution < -0.4 is 4.90 Å². The molecule has 2 rings (SSSR count). The van der Waals surface area contributed by atoms with Gasteiger partial charge in [0.05, 0.1) is 0 Å². The maximum Gasteiger partial charge on any atom is 0.328 e. The second-order valence-electron chi connectivity index (χ2n) is 4.67. The average Bonchev–Trinajstić information content (AvgIpc) is 2.95. The second-order valence-corrected chi connectivity index (χ2v) is 5.70. The summed E-state index contributed by atoms with van der Waals surface area (Å²) in [5.41, 5.74) is 1.27. The van der Waals surface area contributed by atoms with Crippen LogP contribution >= 0.6 is 11.3 Å². The molecule has 0 radical (unpaired) electrons. The predicted octanol–water partition coefficient (Wildman–Crippen LogP) is 3.66. The van der Waals surface area contributed by atoms with Gasteiger partial charge in [-0.3, -0.25) is 0 Å². The van der Waals surface area contributed by atoms with Crippen LogP contribution in [0, 0.1) is 5.82 Å². The molecule has 5 heteroatoms. The summed E-state index contributed by atoms with van der Waals surface area (Å²) in [5, 5.41) is 10.7. The Morgan fingerprint density at radius 3 is 2.90 bits per heavy atom. The van der Waals surface area contributed by atoms with E-state index in [0.717, 1.165) is 24.7 Å². The van der Waals surface area contributed by atoms with Crippen molar-refractivity contribution in [3.05, 3.63) is 58.0 Å². The molecule has 0 atom stereocenters. The molecule has 0 aliphatic carbocycles. The smallest absolute Gasteiger partial charge is 0.328 e. The standard InChI is InChI=1S/C16H16FNO2S/c1-18(7-6-15-3-2-8-21-15)14-10-12(4-5-16(19)20)9-13(17)11-14/h2-5,8-11H,6-7H2,1H3,(H,19,20)/b5-4+. The normalized spacial score (nSPS) is 11.0. The fourth-order valence-corrected chi connectivity index (χ4v) is 2.64. The first-order valence-electron chi connectivity index (χ1n) is 6.50. The third kappa shape index (κ3) is 4.72. The van der Waals surface area contributed by atoms with Crippen LogP contribution in [-0.4, -0.2) is 24.7 Å². The summed E-state index contributed by atoms with van der Waals surface area (Å²) < 4.78 is 13.6. The van der Waals surface area contributed by atoms with Crippen LogP contribution in [0.1, 0.15) is 10.4 Å². The van der Waals surface area contributed by atoms with Gasteiger partial charge in [0.2, 0.25) is 0 Å². The van der Waals surface area contributed by atoms with Gasteiger partial charge in [0.15, 0.2) is 0 Å². The zero-order valence-corrected chi connectivity index (χ0v) is 12.4. The third-order valence-electron chi connectivity index (χ3n) is 3.04. The number of halogens is 1. The maximum atomic E-state index is 13.6. The van der Waals surface area contributed by atoms with E-state index in [2.05, 4.69) is 6.07 Å². The van der Waals surface area contributed by atoms with E-state index in [1.54, 1.807) is 17.4 Å². The van der Waals surface area contributed by atoms with Gasteiger partial charge in [0, 0.05) is 30.2 Å². The maximum absolute atomic E-state index is 13.6. The van der Waals surface area contributed by atoms with Gasteiger partial charge in [0.1, 0.15) is 5.82 Å². The van der Waals surface area contributed by atoms with E-state index < -0.39 is 5.97 Å². The van der Waals surface area contributed by atoms with E-state index in [1.165, 1.54) is 23.1 Å². The molecule has 0 bridgehead atoms. The highest BCUT2D eigenvalue weighted by molar-refractivity contribution is 7.09. The number of rotatable bonds is 6. The molecule has 1 aromatic carbocycles. The van der Waals surface area contributed by atoms with E-state index in [0.29, 0.717) is 5.56 Å². The number of carboxylic acids is 1. The molecule has 0 fully saturated rings. The summed E-state index contributed by atoms with van der Waals surface area (Å²) in [4.78, 5) is 13.8. The minimum absolute atomic E-state index is 0.375. The zero-order valence-electron chi connectivity index (χ0n) is 11.6. The van der Waals surface area contributed by atoms with Crippen LogP contribution in [0.25, 0.3) is 6.08 Å². The Morgan fingerprint density at radius 2 is 2.24 bits per heavy atom. The fourth-order valence-electron chi connectivity index (χ4n) is 1.94. The largest absolute Gasteiger partial charge is 0.478 e. The number of anilines is 1. The number of carboxylic acid groups (broad SMARTS) is 1. The SMILES string of the molecule is CN(CCc1cccs1)c1cc(F)cc(/C=C/C(=O)O)c1. The van der Waals surface area contributed by atoms with Crippen molar-refractivity contribution in [2.45, 2.75) is 6.42 Å². The van der Waals surface area contributed by atoms with Gasteiger partial charge in [-0.25, -0.2) is 9.18 Å². The molecule has 1 N–H and O–H groups in total. The molecule has 1 heterocycles. The van der Waals surface area contributed by atoms with Crippen LogP contribution in [0.3, 0.4) is 0 Å². The molecule has 21 heavy (non-hydrogen) atoms. The molecule has 0 unspecified atom stereocenters. The Hall–Kier alpha value is -2.14. The Bertz CT molecular complexity index is 638. The summed E-state index contributed by atoms with van der Waals surface area (Å²) >= 11 is 1.70. The van der Waals surface area contributed by atoms with Crippen molar-refractivity contribution in [3.63, 3.8) is 0 Å². The van der Waals surface area contributed by atoms with E-state index in [1.807, 2.05) is 23.4 Å². The minimum atomic E-state index is -1.05. The molecule has 0 amide bonds. The lowest BCUT2D eigenvalue weighted by Crippen LogP contribution is -2.20. The van der Waals surface area contributed by atoms with Crippen molar-refractivity contribution >= 4 is 29.1 Å². The molecular weight excluding hydrogens is 289 g/mol. The first kappa shape index (κ1) is 15.3. The molecule has 0 saturated heterocycles. The number of aliphatic carboxylic acids is 1. The van der Waals surface area contributed by atoms with E-state index in [9.17, 15) is 9.18 Å². The quantitative estimate of drug-likeness (QED) is 0.828. The summed E-state index contributed by atoms with van der Waals surface area (Å²) in [6.07, 6.45) is 3.29. The van der Waals surface area contributed by atoms with Crippen molar-refractivity contribution in [2.24, 2.45) is 0 Å². The lowest BCUT2D eigenvalue weighted by Gasteiger charge is -2.19. The first-order chi connectivity index (χ1) is 10.0. The number of likely N-dealkylation sites (N-methyl/N-ethyl adjacent to an activating group) is 1. The minimum Gasteiger partial charge on any atom is -0.478 e. The number of thiophene rings is 1. The molecule has 2 aromatic rings. The fraction of sp³-hybridized carbons (Fsp3) is 0.188. The number of carbonyl (C=O) groups is 1. The highest BCUT2D eigenvalue weighted by atomic mass is 32.1. The summed E-state index contributed by atoms with van der Waals surface area (Å²) in [6.45, 7) is 0.770. The first-order valence-corrected chi connectivity index (χ1v) is 7.37. The van der Waals surface area contributed by atoms with Gasteiger partial charge in [-0.15, -0.1) is 11.3 Å². The summed E-state index contributed by atoms with van der Waals surface area (Å²) in [6, 6.07) is 8.63. The monoisotopic (exact) mass is 305 g/mol. The lowest BCUT2D eigenvalue weighted by atomic mass is 10.1. The molecule has 0 aliphatic rings. The van der Waals surface area contributed by atoms with Crippen molar-refractivity contribution in [1.29, 1.82) is 0 Å². The van der Waals surface area contributed by atoms with Gasteiger partial charge in [-0.2, -0.15) is 0 Å². The predicted molar refractivity (Wildman–Crippen MR) is 84.4 cm³/mol. The molecular formula is C16H16FNO2S. The highest BCUT2D eigenvalue weighted by Gasteiger charge is 2.05. The van der Waals surface area contributed by atoms with Gasteiger partial charge in [-0.1, -0.05) is 6.07 Å². The lowest BCUT2D eigenvalue weighted by molar-refractivity contribution is -0.131. The van der Waals surface area contributed by atoms with Gasteiger partial charge in [0.25, 0.3) is 0 Å². The van der Waals surface area contributed by atoms with E-state index >= 15 is 0 Å². The molecule has 0 aliphatic heterocycles. The summed E-state index contributed by atoms with van der Waals surface area (Å²) in [5.74, 6) is -1.42. The van der Waals surface area contributed by atoms with Crippen molar-refractivity contribution in [1.82, 2.24) is 0 Å². The van der Waals surface area contributed by atoms with Crippen LogP contribution in [0.2, 0.25) is 0 Å². The molecule has 0 spiro atoms. The van der Waals surface area contributed by atoms with E-state index in [-0.39, 0.29) is 5.82 Å². The van der Waals surface area contributed by atoms with Crippen LogP contribution in [0.15, 0.2) is 41.8 Å². The summed E-state index contributed by atoms with van der Waals surface area (Å²) in [7, 11) is 1.90. The number of hydrogen-bond donors (Lipinski definition) is 1. The van der Waals surface area contributed by atoms with Gasteiger partial charge < -0.3 is 10.0 Å². The third-order valence-corrected chi connectivity index (χ3v) is 3.97. The molecule has 110 valence electrons. The number of nitrogens with zero attached hydrogens (tertiary/aromatic N) is 1. The average molecular weight is 305 g/mol. The Balaban J connectivity index is 2.09. The highest BCUT2D eigenvalue weighted by Crippen LogP contribution is 2.19. The van der Waals surface area contributed by atoms with E-state index in [4.69, 9.17) is 5.11 Å². The van der Waals surface area contributed by atoms with Crippen molar-refractivity contribution in [2.75, 3.05) is 18.5 Å². The Morgan fingerprint density at radius 1 is 1.43 bits per heavy atom. The van der Waals surface area contributed by atoms with Crippen molar-refractivity contribution in [3.8, 4) is 0 Å². The van der Waals surface area contributed by atoms with Crippen LogP contribution in [-0.2, 0) is 11.2 Å². The molecule has 1 aromatic heterocycles. The Labute approximate surface area is 127 Å². The zero-order chi connectivity index (χ0) is 15.2.